The lowest BCUT2D eigenvalue weighted by Gasteiger charge is -2.12. The third kappa shape index (κ3) is 2.67. The van der Waals surface area contributed by atoms with Crippen LogP contribution in [-0.4, -0.2) is 16.9 Å². The topological polar surface area (TPSA) is 102 Å². The number of hydrogen-bond acceptors (Lipinski definition) is 4. The summed E-state index contributed by atoms with van der Waals surface area (Å²) in [6.45, 7) is 1.55. The van der Waals surface area contributed by atoms with Crippen LogP contribution in [0, 0.1) is 15.5 Å². The molecular weight excluding hydrogens is 198 g/mol. The van der Waals surface area contributed by atoms with E-state index >= 15 is 0 Å². The highest BCUT2D eigenvalue weighted by atomic mass is 16.6. The molecule has 0 aliphatic rings. The van der Waals surface area contributed by atoms with Crippen molar-refractivity contribution in [3.05, 3.63) is 34.4 Å². The first-order valence-electron chi connectivity index (χ1n) is 4.26. The third-order valence-corrected chi connectivity index (χ3v) is 1.80. The van der Waals surface area contributed by atoms with E-state index in [0.717, 1.165) is 0 Å². The number of amidine groups is 1. The van der Waals surface area contributed by atoms with Gasteiger partial charge >= 0.3 is 5.69 Å². The molecule has 15 heavy (non-hydrogen) atoms. The minimum atomic E-state index is -0.675. The van der Waals surface area contributed by atoms with Crippen LogP contribution in [0.25, 0.3) is 0 Å². The van der Waals surface area contributed by atoms with Crippen molar-refractivity contribution in [3.8, 4) is 5.75 Å². The van der Waals surface area contributed by atoms with Gasteiger partial charge in [0.2, 0.25) is 0 Å². The minimum absolute atomic E-state index is 0.116. The summed E-state index contributed by atoms with van der Waals surface area (Å²) in [5.74, 6) is -0.0571. The lowest BCUT2D eigenvalue weighted by molar-refractivity contribution is -0.386. The van der Waals surface area contributed by atoms with Gasteiger partial charge in [0, 0.05) is 6.07 Å². The summed E-state index contributed by atoms with van der Waals surface area (Å²) in [6.07, 6.45) is -0.675. The monoisotopic (exact) mass is 209 g/mol. The Kier molecular flexibility index (Phi) is 3.22. The number of nitrogens with two attached hydrogens (primary N) is 1. The number of para-hydroxylation sites is 2. The van der Waals surface area contributed by atoms with Gasteiger partial charge in [0.15, 0.2) is 11.9 Å². The van der Waals surface area contributed by atoms with Gasteiger partial charge in [-0.2, -0.15) is 0 Å². The molecule has 0 bridgehead atoms. The van der Waals surface area contributed by atoms with E-state index in [0.29, 0.717) is 0 Å². The molecule has 6 nitrogen and oxygen atoms in total. The van der Waals surface area contributed by atoms with Crippen molar-refractivity contribution in [2.24, 2.45) is 5.73 Å². The first-order chi connectivity index (χ1) is 7.02. The second-order valence-corrected chi connectivity index (χ2v) is 2.94. The van der Waals surface area contributed by atoms with Gasteiger partial charge in [0.1, 0.15) is 5.84 Å². The molecule has 0 saturated heterocycles. The number of benzene rings is 1. The molecule has 0 aliphatic heterocycles. The van der Waals surface area contributed by atoms with Gasteiger partial charge in [-0.3, -0.25) is 15.5 Å². The van der Waals surface area contributed by atoms with Crippen LogP contribution in [0.3, 0.4) is 0 Å². The van der Waals surface area contributed by atoms with E-state index in [2.05, 4.69) is 0 Å². The average molecular weight is 209 g/mol. The molecule has 3 N–H and O–H groups in total. The molecule has 1 unspecified atom stereocenters. The van der Waals surface area contributed by atoms with Gasteiger partial charge in [-0.05, 0) is 13.0 Å². The summed E-state index contributed by atoms with van der Waals surface area (Å²) in [7, 11) is 0. The van der Waals surface area contributed by atoms with Crippen molar-refractivity contribution in [1.82, 2.24) is 0 Å². The third-order valence-electron chi connectivity index (χ3n) is 1.80. The van der Waals surface area contributed by atoms with E-state index in [1.807, 2.05) is 0 Å². The number of nitro benzene ring substituents is 1. The molecule has 0 radical (unpaired) electrons. The average Bonchev–Trinajstić information content (AvgIpc) is 2.18. The van der Waals surface area contributed by atoms with Gasteiger partial charge < -0.3 is 10.5 Å². The highest BCUT2D eigenvalue weighted by molar-refractivity contribution is 5.81. The number of rotatable bonds is 4. The Morgan fingerprint density at radius 2 is 2.20 bits per heavy atom. The van der Waals surface area contributed by atoms with E-state index in [-0.39, 0.29) is 17.3 Å². The van der Waals surface area contributed by atoms with Gasteiger partial charge in [0.25, 0.3) is 0 Å². The smallest absolute Gasteiger partial charge is 0.310 e. The molecule has 0 fully saturated rings. The minimum Gasteiger partial charge on any atom is -0.476 e. The molecule has 1 rings (SSSR count). The molecule has 6 heteroatoms. The van der Waals surface area contributed by atoms with Crippen molar-refractivity contribution < 1.29 is 9.66 Å². The van der Waals surface area contributed by atoms with Crippen LogP contribution in [0.1, 0.15) is 6.92 Å². The Bertz CT molecular complexity index is 392. The van der Waals surface area contributed by atoms with Crippen LogP contribution in [0.2, 0.25) is 0 Å². The molecule has 0 heterocycles. The first-order valence-corrected chi connectivity index (χ1v) is 4.26. The van der Waals surface area contributed by atoms with E-state index in [1.54, 1.807) is 19.1 Å². The second kappa shape index (κ2) is 4.41. The molecule has 1 aromatic rings. The largest absolute Gasteiger partial charge is 0.476 e. The van der Waals surface area contributed by atoms with Gasteiger partial charge in [-0.25, -0.2) is 0 Å². The molecule has 0 aromatic heterocycles. The standard InChI is InChI=1S/C9H11N3O3/c1-6(9(10)11)15-8-5-3-2-4-7(8)12(13)14/h2-6H,1H3,(H3,10,11). The maximum Gasteiger partial charge on any atom is 0.310 e. The van der Waals surface area contributed by atoms with Crippen molar-refractivity contribution in [2.45, 2.75) is 13.0 Å². The first kappa shape index (κ1) is 11.0. The van der Waals surface area contributed by atoms with E-state index in [4.69, 9.17) is 15.9 Å². The number of ether oxygens (including phenoxy) is 1. The molecule has 0 saturated carbocycles. The Morgan fingerprint density at radius 3 is 2.73 bits per heavy atom. The quantitative estimate of drug-likeness (QED) is 0.337. The zero-order chi connectivity index (χ0) is 11.4. The Balaban J connectivity index is 2.94. The summed E-state index contributed by atoms with van der Waals surface area (Å²) in [6, 6.07) is 5.97. The second-order valence-electron chi connectivity index (χ2n) is 2.94. The maximum atomic E-state index is 10.6. The van der Waals surface area contributed by atoms with E-state index < -0.39 is 11.0 Å². The molecule has 1 aromatic carbocycles. The van der Waals surface area contributed by atoms with Crippen molar-refractivity contribution in [1.29, 1.82) is 5.41 Å². The SMILES string of the molecule is CC(Oc1ccccc1[N+](=O)[O-])C(=N)N. The van der Waals surface area contributed by atoms with Gasteiger partial charge in [-0.15, -0.1) is 0 Å². The summed E-state index contributed by atoms with van der Waals surface area (Å²) >= 11 is 0. The summed E-state index contributed by atoms with van der Waals surface area (Å²) in [4.78, 5) is 10.1. The lowest BCUT2D eigenvalue weighted by atomic mass is 10.3. The van der Waals surface area contributed by atoms with Crippen LogP contribution in [-0.2, 0) is 0 Å². The predicted molar refractivity (Wildman–Crippen MR) is 55.1 cm³/mol. The fourth-order valence-corrected chi connectivity index (χ4v) is 0.962. The molecule has 80 valence electrons. The zero-order valence-corrected chi connectivity index (χ0v) is 8.14. The van der Waals surface area contributed by atoms with Crippen molar-refractivity contribution in [3.63, 3.8) is 0 Å². The molecule has 0 aliphatic carbocycles. The number of nitrogens with one attached hydrogen (secondary N) is 1. The van der Waals surface area contributed by atoms with Crippen LogP contribution in [0.15, 0.2) is 24.3 Å². The predicted octanol–water partition coefficient (Wildman–Crippen LogP) is 1.30. The van der Waals surface area contributed by atoms with E-state index in [9.17, 15) is 10.1 Å². The number of nitro groups is 1. The molecule has 1 atom stereocenters. The summed E-state index contributed by atoms with van der Waals surface area (Å²) in [5, 5.41) is 17.7. The fraction of sp³-hybridized carbons (Fsp3) is 0.222. The Labute approximate surface area is 86.3 Å². The fourth-order valence-electron chi connectivity index (χ4n) is 0.962. The van der Waals surface area contributed by atoms with Crippen molar-refractivity contribution in [2.75, 3.05) is 0 Å². The Morgan fingerprint density at radius 1 is 1.60 bits per heavy atom. The zero-order valence-electron chi connectivity index (χ0n) is 8.14. The maximum absolute atomic E-state index is 10.6. The molecular formula is C9H11N3O3. The number of hydrogen-bond donors (Lipinski definition) is 2. The number of nitrogens with zero attached hydrogens (tertiary/aromatic N) is 1. The Hall–Kier alpha value is -2.11. The van der Waals surface area contributed by atoms with Crippen LogP contribution >= 0.6 is 0 Å². The summed E-state index contributed by atoms with van der Waals surface area (Å²) in [5.41, 5.74) is 5.06. The highest BCUT2D eigenvalue weighted by Crippen LogP contribution is 2.26. The van der Waals surface area contributed by atoms with E-state index in [1.165, 1.54) is 12.1 Å². The normalized spacial score (nSPS) is 11.8. The summed E-state index contributed by atoms with van der Waals surface area (Å²) < 4.78 is 5.18. The van der Waals surface area contributed by atoms with Crippen molar-refractivity contribution >= 4 is 11.5 Å². The van der Waals surface area contributed by atoms with Crippen LogP contribution in [0.4, 0.5) is 5.69 Å². The molecule has 0 amide bonds. The van der Waals surface area contributed by atoms with Crippen LogP contribution < -0.4 is 10.5 Å². The van der Waals surface area contributed by atoms with Gasteiger partial charge in [0.05, 0.1) is 4.92 Å². The lowest BCUT2D eigenvalue weighted by Crippen LogP contribution is -2.30. The molecule has 0 spiro atoms. The highest BCUT2D eigenvalue weighted by Gasteiger charge is 2.16. The van der Waals surface area contributed by atoms with Crippen LogP contribution in [0.5, 0.6) is 5.75 Å². The van der Waals surface area contributed by atoms with Gasteiger partial charge in [-0.1, -0.05) is 12.1 Å².